The van der Waals surface area contributed by atoms with E-state index >= 15 is 0 Å². The van der Waals surface area contributed by atoms with Crippen molar-refractivity contribution < 1.29 is 19.1 Å². The fourth-order valence-corrected chi connectivity index (χ4v) is 3.55. The lowest BCUT2D eigenvalue weighted by molar-refractivity contribution is 0.101. The Kier molecular flexibility index (Phi) is 9.77. The van der Waals surface area contributed by atoms with Crippen LogP contribution in [0, 0.1) is 11.3 Å². The standard InChI is InChI=1S/C15H11NO2.C8H7BrO.C7H5NO/c16-13-11-8-4-5-9-12(11)18-15(13)14(17)10-6-2-1-3-7-10;9-6-8(10)7-4-2-1-3-5-7;8-5-6-3-1-2-4-7(6)9/h1-9H,16H2;1-5H,6H2;1-4,9H. The number of carbonyl (C=O) groups excluding carboxylic acids is 2. The summed E-state index contributed by atoms with van der Waals surface area (Å²) in [6.07, 6.45) is 0. The van der Waals surface area contributed by atoms with Crippen molar-refractivity contribution in [2.24, 2.45) is 0 Å². The van der Waals surface area contributed by atoms with E-state index in [4.69, 9.17) is 20.5 Å². The fourth-order valence-electron chi connectivity index (χ4n) is 3.22. The van der Waals surface area contributed by atoms with Gasteiger partial charge in [0.1, 0.15) is 17.4 Å². The molecule has 1 heterocycles. The van der Waals surface area contributed by atoms with E-state index in [1.807, 2.05) is 72.8 Å². The highest BCUT2D eigenvalue weighted by Gasteiger charge is 2.19. The number of rotatable bonds is 4. The fraction of sp³-hybridized carbons (Fsp3) is 0.0333. The summed E-state index contributed by atoms with van der Waals surface area (Å²) in [5, 5.41) is 18.4. The van der Waals surface area contributed by atoms with E-state index in [1.54, 1.807) is 36.4 Å². The number of halogens is 1. The van der Waals surface area contributed by atoms with Crippen LogP contribution in [0.4, 0.5) is 5.69 Å². The van der Waals surface area contributed by atoms with Gasteiger partial charge in [0.25, 0.3) is 0 Å². The highest BCUT2D eigenvalue weighted by atomic mass is 79.9. The van der Waals surface area contributed by atoms with Gasteiger partial charge >= 0.3 is 0 Å². The minimum Gasteiger partial charge on any atom is -0.507 e. The normalized spacial score (nSPS) is 9.73. The third-order valence-electron chi connectivity index (χ3n) is 5.12. The number of fused-ring (bicyclic) bond motifs is 1. The first-order valence-electron chi connectivity index (χ1n) is 11.1. The minimum atomic E-state index is -0.190. The molecule has 1 aromatic heterocycles. The zero-order chi connectivity index (χ0) is 26.6. The molecule has 0 unspecified atom stereocenters. The minimum absolute atomic E-state index is 0.0417. The molecule has 37 heavy (non-hydrogen) atoms. The van der Waals surface area contributed by atoms with Crippen molar-refractivity contribution in [3.05, 3.63) is 132 Å². The molecule has 5 rings (SSSR count). The van der Waals surface area contributed by atoms with Crippen LogP contribution in [-0.2, 0) is 0 Å². The number of Topliss-reactive ketones (excluding diaryl/α,β-unsaturated/α-hetero) is 1. The molecule has 0 radical (unpaired) electrons. The second kappa shape index (κ2) is 13.4. The monoisotopic (exact) mass is 554 g/mol. The number of benzene rings is 4. The number of phenolic OH excluding ortho intramolecular Hbond substituents is 1. The summed E-state index contributed by atoms with van der Waals surface area (Å²) >= 11 is 3.10. The van der Waals surface area contributed by atoms with E-state index in [9.17, 15) is 9.59 Å². The number of carbonyl (C=O) groups is 2. The van der Waals surface area contributed by atoms with Gasteiger partial charge in [-0.05, 0) is 24.3 Å². The number of hydrogen-bond acceptors (Lipinski definition) is 6. The molecular formula is C30H23BrN2O4. The van der Waals surface area contributed by atoms with Gasteiger partial charge < -0.3 is 15.3 Å². The first kappa shape index (κ1) is 26.9. The van der Waals surface area contributed by atoms with E-state index in [0.29, 0.717) is 27.7 Å². The molecule has 6 nitrogen and oxygen atoms in total. The number of ketones is 2. The summed E-state index contributed by atoms with van der Waals surface area (Å²) in [6.45, 7) is 0. The van der Waals surface area contributed by atoms with Gasteiger partial charge in [-0.2, -0.15) is 5.26 Å². The van der Waals surface area contributed by atoms with Crippen LogP contribution in [0.15, 0.2) is 114 Å². The van der Waals surface area contributed by atoms with Crippen LogP contribution in [0.1, 0.15) is 32.0 Å². The Morgan fingerprint density at radius 1 is 0.811 bits per heavy atom. The average molecular weight is 555 g/mol. The lowest BCUT2D eigenvalue weighted by Crippen LogP contribution is -2.02. The molecule has 5 aromatic rings. The maximum absolute atomic E-state index is 12.3. The molecule has 0 aliphatic carbocycles. The first-order chi connectivity index (χ1) is 18.0. The van der Waals surface area contributed by atoms with Crippen LogP contribution < -0.4 is 5.73 Å². The van der Waals surface area contributed by atoms with E-state index in [-0.39, 0.29) is 23.1 Å². The molecule has 0 atom stereocenters. The number of hydrogen-bond donors (Lipinski definition) is 2. The zero-order valence-corrected chi connectivity index (χ0v) is 21.3. The number of nitriles is 1. The van der Waals surface area contributed by atoms with Gasteiger partial charge in [-0.1, -0.05) is 101 Å². The summed E-state index contributed by atoms with van der Waals surface area (Å²) < 4.78 is 5.54. The Morgan fingerprint density at radius 2 is 1.35 bits per heavy atom. The van der Waals surface area contributed by atoms with Crippen LogP contribution in [0.2, 0.25) is 0 Å². The second-order valence-corrected chi connectivity index (χ2v) is 8.15. The van der Waals surface area contributed by atoms with Crippen molar-refractivity contribution in [2.45, 2.75) is 0 Å². The molecule has 0 fully saturated rings. The molecule has 4 aromatic carbocycles. The van der Waals surface area contributed by atoms with Crippen LogP contribution in [0.5, 0.6) is 5.75 Å². The molecule has 0 bridgehead atoms. The summed E-state index contributed by atoms with van der Waals surface area (Å²) in [7, 11) is 0. The smallest absolute Gasteiger partial charge is 0.230 e. The van der Waals surface area contributed by atoms with Gasteiger partial charge in [-0.3, -0.25) is 9.59 Å². The number of aromatic hydroxyl groups is 1. The van der Waals surface area contributed by atoms with Gasteiger partial charge in [0.2, 0.25) is 5.78 Å². The maximum Gasteiger partial charge on any atom is 0.230 e. The Morgan fingerprint density at radius 3 is 1.89 bits per heavy atom. The second-order valence-electron chi connectivity index (χ2n) is 7.59. The predicted octanol–water partition coefficient (Wildman–Crippen LogP) is 6.77. The van der Waals surface area contributed by atoms with Gasteiger partial charge in [-0.25, -0.2) is 0 Å². The number of alkyl halides is 1. The molecule has 7 heteroatoms. The van der Waals surface area contributed by atoms with E-state index in [0.717, 1.165) is 10.9 Å². The van der Waals surface area contributed by atoms with Crippen molar-refractivity contribution in [2.75, 3.05) is 11.1 Å². The Balaban J connectivity index is 0.000000170. The third kappa shape index (κ3) is 7.17. The number of phenols is 1. The summed E-state index contributed by atoms with van der Waals surface area (Å²) in [5.74, 6) is 0.187. The van der Waals surface area contributed by atoms with Crippen molar-refractivity contribution in [1.82, 2.24) is 0 Å². The van der Waals surface area contributed by atoms with Gasteiger partial charge in [-0.15, -0.1) is 0 Å². The average Bonchev–Trinajstić information content (AvgIpc) is 3.30. The Bertz CT molecular complexity index is 1520. The quantitative estimate of drug-likeness (QED) is 0.187. The molecular weight excluding hydrogens is 532 g/mol. The Labute approximate surface area is 222 Å². The van der Waals surface area contributed by atoms with Crippen LogP contribution in [-0.4, -0.2) is 22.0 Å². The highest BCUT2D eigenvalue weighted by Crippen LogP contribution is 2.29. The lowest BCUT2D eigenvalue weighted by atomic mass is 10.1. The Hall–Kier alpha value is -4.67. The van der Waals surface area contributed by atoms with E-state index in [2.05, 4.69) is 15.9 Å². The molecule has 3 N–H and O–H groups in total. The summed E-state index contributed by atoms with van der Waals surface area (Å²) in [4.78, 5) is 23.2. The van der Waals surface area contributed by atoms with Gasteiger partial charge in [0.15, 0.2) is 11.5 Å². The van der Waals surface area contributed by atoms with Crippen molar-refractivity contribution in [3.63, 3.8) is 0 Å². The molecule has 0 aliphatic rings. The zero-order valence-electron chi connectivity index (χ0n) is 19.7. The van der Waals surface area contributed by atoms with Gasteiger partial charge in [0, 0.05) is 16.5 Å². The first-order valence-corrected chi connectivity index (χ1v) is 12.3. The number of nitrogens with two attached hydrogens (primary N) is 1. The highest BCUT2D eigenvalue weighted by molar-refractivity contribution is 9.09. The SMILES string of the molecule is N#Cc1ccccc1O.Nc1c(C(=O)c2ccccc2)oc2ccccc12.O=C(CBr)c1ccccc1. The molecule has 0 spiro atoms. The lowest BCUT2D eigenvalue weighted by Gasteiger charge is -1.97. The number of anilines is 1. The molecule has 0 saturated heterocycles. The molecule has 0 amide bonds. The summed E-state index contributed by atoms with van der Waals surface area (Å²) in [5.41, 5.74) is 8.65. The van der Waals surface area contributed by atoms with Crippen LogP contribution in [0.3, 0.4) is 0 Å². The number of nitrogens with zero attached hydrogens (tertiary/aromatic N) is 1. The van der Waals surface area contributed by atoms with Crippen LogP contribution >= 0.6 is 15.9 Å². The van der Waals surface area contributed by atoms with E-state index in [1.165, 1.54) is 6.07 Å². The van der Waals surface area contributed by atoms with Crippen LogP contribution in [0.25, 0.3) is 11.0 Å². The van der Waals surface area contributed by atoms with Crippen molar-refractivity contribution in [1.29, 1.82) is 5.26 Å². The third-order valence-corrected chi connectivity index (χ3v) is 5.63. The van der Waals surface area contributed by atoms with Crippen molar-refractivity contribution >= 4 is 44.2 Å². The predicted molar refractivity (Wildman–Crippen MR) is 148 cm³/mol. The topological polar surface area (TPSA) is 117 Å². The maximum atomic E-state index is 12.3. The largest absolute Gasteiger partial charge is 0.507 e. The summed E-state index contributed by atoms with van der Waals surface area (Å²) in [6, 6.07) is 33.8. The van der Waals surface area contributed by atoms with Gasteiger partial charge in [0.05, 0.1) is 16.6 Å². The number of nitrogen functional groups attached to an aromatic ring is 1. The number of para-hydroxylation sites is 2. The molecule has 0 saturated carbocycles. The molecule has 184 valence electrons. The molecule has 0 aliphatic heterocycles. The van der Waals surface area contributed by atoms with Crippen molar-refractivity contribution in [3.8, 4) is 11.8 Å². The number of furan rings is 1. The van der Waals surface area contributed by atoms with E-state index < -0.39 is 0 Å².